The second kappa shape index (κ2) is 6.39. The molecule has 116 valence electrons. The van der Waals surface area contributed by atoms with Crippen LogP contribution in [0.3, 0.4) is 0 Å². The Bertz CT molecular complexity index is 858. The molecule has 1 aromatic heterocycles. The fourth-order valence-corrected chi connectivity index (χ4v) is 5.95. The van der Waals surface area contributed by atoms with E-state index in [2.05, 4.69) is 72.3 Å². The van der Waals surface area contributed by atoms with E-state index in [-0.39, 0.29) is 0 Å². The molecule has 1 heterocycles. The molecule has 3 aromatic rings. The predicted molar refractivity (Wildman–Crippen MR) is 101 cm³/mol. The van der Waals surface area contributed by atoms with Gasteiger partial charge in [-0.3, -0.25) is 0 Å². The summed E-state index contributed by atoms with van der Waals surface area (Å²) >= 11 is 0.343. The van der Waals surface area contributed by atoms with Gasteiger partial charge in [0, 0.05) is 0 Å². The van der Waals surface area contributed by atoms with E-state index in [4.69, 9.17) is 0 Å². The number of allylic oxidation sites excluding steroid dienone is 2. The summed E-state index contributed by atoms with van der Waals surface area (Å²) in [5, 5.41) is 1.43. The summed E-state index contributed by atoms with van der Waals surface area (Å²) < 4.78 is 5.43. The monoisotopic (exact) mass is 367 g/mol. The summed E-state index contributed by atoms with van der Waals surface area (Å²) in [5.41, 5.74) is 4.40. The first-order valence-corrected chi connectivity index (χ1v) is 10.1. The van der Waals surface area contributed by atoms with Crippen LogP contribution in [0.15, 0.2) is 60.7 Å². The third-order valence-corrected chi connectivity index (χ3v) is 6.98. The molecule has 0 bridgehead atoms. The Morgan fingerprint density at radius 3 is 2.48 bits per heavy atom. The molecule has 0 unspecified atom stereocenters. The van der Waals surface area contributed by atoms with Gasteiger partial charge in [-0.15, -0.1) is 0 Å². The molecule has 0 radical (unpaired) electrons. The Balaban J connectivity index is 1.91. The Morgan fingerprint density at radius 1 is 0.913 bits per heavy atom. The van der Waals surface area contributed by atoms with Gasteiger partial charge in [0.05, 0.1) is 0 Å². The summed E-state index contributed by atoms with van der Waals surface area (Å²) in [6.45, 7) is 0. The average Bonchev–Trinajstić information content (AvgIpc) is 2.89. The van der Waals surface area contributed by atoms with Crippen LogP contribution in [0.2, 0.25) is 0 Å². The molecule has 1 nitrogen and oxygen atoms in total. The van der Waals surface area contributed by atoms with Gasteiger partial charge in [-0.05, 0) is 0 Å². The molecule has 0 atom stereocenters. The first-order valence-electron chi connectivity index (χ1n) is 8.34. The molecular weight excluding hydrogens is 345 g/mol. The number of aromatic nitrogens is 1. The van der Waals surface area contributed by atoms with Crippen molar-refractivity contribution in [3.05, 3.63) is 66.4 Å². The van der Waals surface area contributed by atoms with E-state index in [0.29, 0.717) is 15.0 Å². The van der Waals surface area contributed by atoms with Crippen LogP contribution in [-0.2, 0) is 7.05 Å². The topological polar surface area (TPSA) is 4.93 Å². The van der Waals surface area contributed by atoms with E-state index < -0.39 is 0 Å². The molecule has 0 aliphatic heterocycles. The van der Waals surface area contributed by atoms with E-state index in [1.165, 1.54) is 46.7 Å². The van der Waals surface area contributed by atoms with Gasteiger partial charge >= 0.3 is 144 Å². The van der Waals surface area contributed by atoms with Crippen LogP contribution in [0.1, 0.15) is 31.4 Å². The molecule has 0 spiro atoms. The van der Waals surface area contributed by atoms with Crippen molar-refractivity contribution in [2.24, 2.45) is 7.05 Å². The van der Waals surface area contributed by atoms with Gasteiger partial charge in [-0.2, -0.15) is 0 Å². The maximum atomic E-state index is 2.47. The Hall–Kier alpha value is -1.76. The molecular formula is C21H21NSe. The predicted octanol–water partition coefficient (Wildman–Crippen LogP) is 3.79. The van der Waals surface area contributed by atoms with Crippen molar-refractivity contribution in [3.8, 4) is 0 Å². The van der Waals surface area contributed by atoms with E-state index in [1.54, 1.807) is 10.0 Å². The molecule has 23 heavy (non-hydrogen) atoms. The minimum absolute atomic E-state index is 0.343. The number of aryl methyl sites for hydroxylation is 1. The van der Waals surface area contributed by atoms with Gasteiger partial charge in [0.1, 0.15) is 0 Å². The number of benzene rings is 2. The van der Waals surface area contributed by atoms with Gasteiger partial charge < -0.3 is 0 Å². The molecule has 0 N–H and O–H groups in total. The Labute approximate surface area is 144 Å². The van der Waals surface area contributed by atoms with Crippen molar-refractivity contribution in [2.45, 2.75) is 25.7 Å². The number of hydrogen-bond donors (Lipinski definition) is 0. The summed E-state index contributed by atoms with van der Waals surface area (Å²) in [5.74, 6) is 0. The van der Waals surface area contributed by atoms with Crippen molar-refractivity contribution in [1.82, 2.24) is 4.57 Å². The number of rotatable bonds is 3. The minimum atomic E-state index is 0.343. The van der Waals surface area contributed by atoms with Crippen molar-refractivity contribution in [3.63, 3.8) is 0 Å². The zero-order valence-corrected chi connectivity index (χ0v) is 15.2. The SMILES string of the molecule is Cn1c(C2=CCCCC2)c([Se]c2ccccc2)c2ccccc21. The summed E-state index contributed by atoms with van der Waals surface area (Å²) in [6.07, 6.45) is 7.59. The summed E-state index contributed by atoms with van der Waals surface area (Å²) in [4.78, 5) is 0. The molecule has 0 saturated heterocycles. The van der Waals surface area contributed by atoms with Gasteiger partial charge in [0.15, 0.2) is 0 Å². The van der Waals surface area contributed by atoms with Gasteiger partial charge in [-0.1, -0.05) is 0 Å². The van der Waals surface area contributed by atoms with E-state index >= 15 is 0 Å². The van der Waals surface area contributed by atoms with E-state index in [9.17, 15) is 0 Å². The molecule has 1 aliphatic rings. The van der Waals surface area contributed by atoms with Crippen LogP contribution >= 0.6 is 0 Å². The second-order valence-corrected chi connectivity index (χ2v) is 8.42. The molecule has 0 fully saturated rings. The number of hydrogen-bond acceptors (Lipinski definition) is 0. The molecule has 1 aliphatic carbocycles. The van der Waals surface area contributed by atoms with Gasteiger partial charge in [0.2, 0.25) is 0 Å². The number of para-hydroxylation sites is 1. The Morgan fingerprint density at radius 2 is 1.70 bits per heavy atom. The van der Waals surface area contributed by atoms with Crippen molar-refractivity contribution < 1.29 is 0 Å². The van der Waals surface area contributed by atoms with Crippen molar-refractivity contribution in [2.75, 3.05) is 0 Å². The quantitative estimate of drug-likeness (QED) is 0.622. The molecule has 0 saturated carbocycles. The third-order valence-electron chi connectivity index (χ3n) is 4.62. The van der Waals surface area contributed by atoms with Crippen LogP contribution in [0.5, 0.6) is 0 Å². The first-order chi connectivity index (χ1) is 11.3. The zero-order chi connectivity index (χ0) is 15.6. The molecule has 2 heteroatoms. The number of fused-ring (bicyclic) bond motifs is 1. The van der Waals surface area contributed by atoms with Gasteiger partial charge in [0.25, 0.3) is 0 Å². The second-order valence-electron chi connectivity index (χ2n) is 6.14. The normalized spacial score (nSPS) is 14.9. The number of nitrogens with zero attached hydrogens (tertiary/aromatic N) is 1. The summed E-state index contributed by atoms with van der Waals surface area (Å²) in [7, 11) is 2.23. The first kappa shape index (κ1) is 14.8. The van der Waals surface area contributed by atoms with E-state index in [0.717, 1.165) is 0 Å². The fraction of sp³-hybridized carbons (Fsp3) is 0.238. The van der Waals surface area contributed by atoms with E-state index in [1.807, 2.05) is 0 Å². The van der Waals surface area contributed by atoms with Crippen molar-refractivity contribution >= 4 is 40.4 Å². The van der Waals surface area contributed by atoms with Crippen molar-refractivity contribution in [1.29, 1.82) is 0 Å². The Kier molecular flexibility index (Phi) is 4.11. The van der Waals surface area contributed by atoms with Crippen LogP contribution in [0.25, 0.3) is 16.5 Å². The van der Waals surface area contributed by atoms with Gasteiger partial charge in [-0.25, -0.2) is 0 Å². The van der Waals surface area contributed by atoms with Crippen LogP contribution < -0.4 is 8.92 Å². The molecule has 2 aromatic carbocycles. The third kappa shape index (κ3) is 2.78. The van der Waals surface area contributed by atoms with Crippen LogP contribution in [0, 0.1) is 0 Å². The fourth-order valence-electron chi connectivity index (χ4n) is 3.48. The summed E-state index contributed by atoms with van der Waals surface area (Å²) in [6, 6.07) is 19.8. The van der Waals surface area contributed by atoms with Crippen LogP contribution in [0.4, 0.5) is 0 Å². The standard InChI is InChI=1S/C21H21NSe/c1-22-19-15-9-8-14-18(19)21(23-17-12-6-3-7-13-17)20(22)16-10-4-2-5-11-16/h3,6-10,12-15H,2,4-5,11H2,1H3. The molecule has 0 amide bonds. The van der Waals surface area contributed by atoms with Crippen LogP contribution in [-0.4, -0.2) is 19.5 Å². The zero-order valence-electron chi connectivity index (χ0n) is 13.5. The molecule has 4 rings (SSSR count). The average molecular weight is 366 g/mol. The maximum absolute atomic E-state index is 2.47.